The van der Waals surface area contributed by atoms with Crippen LogP contribution in [0, 0.1) is 0 Å². The molecular formula is C24H18Cl2N2O2. The number of rotatable bonds is 2. The van der Waals surface area contributed by atoms with E-state index in [9.17, 15) is 9.59 Å². The molecule has 0 unspecified atom stereocenters. The Labute approximate surface area is 184 Å². The molecule has 2 heterocycles. The number of hydrogen-bond acceptors (Lipinski definition) is 2. The third kappa shape index (κ3) is 2.83. The average molecular weight is 437 g/mol. The molecule has 5 rings (SSSR count). The van der Waals surface area contributed by atoms with Gasteiger partial charge < -0.3 is 10.6 Å². The highest BCUT2D eigenvalue weighted by atomic mass is 35.5. The Kier molecular flexibility index (Phi) is 4.57. The topological polar surface area (TPSA) is 58.2 Å². The molecule has 1 fully saturated rings. The predicted molar refractivity (Wildman–Crippen MR) is 118 cm³/mol. The summed E-state index contributed by atoms with van der Waals surface area (Å²) in [6.07, 6.45) is 0.205. The van der Waals surface area contributed by atoms with Gasteiger partial charge in [0.1, 0.15) is 5.41 Å². The third-order valence-electron chi connectivity index (χ3n) is 6.13. The fourth-order valence-electron chi connectivity index (χ4n) is 4.94. The highest BCUT2D eigenvalue weighted by Crippen LogP contribution is 2.57. The van der Waals surface area contributed by atoms with Crippen LogP contribution in [0.4, 0.5) is 5.69 Å². The quantitative estimate of drug-likeness (QED) is 0.577. The second kappa shape index (κ2) is 7.15. The maximum absolute atomic E-state index is 13.7. The van der Waals surface area contributed by atoms with Gasteiger partial charge in [0.2, 0.25) is 11.8 Å². The smallest absolute Gasteiger partial charge is 0.238 e. The first-order valence-electron chi connectivity index (χ1n) is 9.71. The summed E-state index contributed by atoms with van der Waals surface area (Å²) in [5.74, 6) is -0.605. The first-order chi connectivity index (χ1) is 14.5. The minimum atomic E-state index is -1.03. The van der Waals surface area contributed by atoms with Gasteiger partial charge in [-0.25, -0.2) is 0 Å². The van der Waals surface area contributed by atoms with Crippen molar-refractivity contribution in [1.29, 1.82) is 0 Å². The van der Waals surface area contributed by atoms with Gasteiger partial charge >= 0.3 is 0 Å². The van der Waals surface area contributed by atoms with Gasteiger partial charge in [-0.05, 0) is 41.0 Å². The van der Waals surface area contributed by atoms with Crippen LogP contribution in [0.3, 0.4) is 0 Å². The molecule has 0 saturated carbocycles. The Bertz CT molecular complexity index is 1160. The van der Waals surface area contributed by atoms with Crippen molar-refractivity contribution in [1.82, 2.24) is 5.32 Å². The zero-order valence-corrected chi connectivity index (χ0v) is 17.4. The maximum Gasteiger partial charge on any atom is 0.238 e. The van der Waals surface area contributed by atoms with Crippen molar-refractivity contribution in [3.8, 4) is 0 Å². The summed E-state index contributed by atoms with van der Waals surface area (Å²) < 4.78 is 0. The minimum absolute atomic E-state index is 0.102. The van der Waals surface area contributed by atoms with Crippen LogP contribution in [-0.2, 0) is 15.0 Å². The van der Waals surface area contributed by atoms with Crippen LogP contribution in [0.2, 0.25) is 10.0 Å². The zero-order valence-electron chi connectivity index (χ0n) is 15.9. The molecule has 2 aliphatic heterocycles. The summed E-state index contributed by atoms with van der Waals surface area (Å²) in [6.45, 7) is 0. The van der Waals surface area contributed by atoms with Crippen molar-refractivity contribution < 1.29 is 9.59 Å². The van der Waals surface area contributed by atoms with E-state index in [4.69, 9.17) is 23.2 Å². The van der Waals surface area contributed by atoms with Gasteiger partial charge in [-0.2, -0.15) is 0 Å². The summed E-state index contributed by atoms with van der Waals surface area (Å²) in [5.41, 5.74) is 2.21. The van der Waals surface area contributed by atoms with E-state index in [0.717, 1.165) is 16.7 Å². The number of benzene rings is 3. The molecule has 150 valence electrons. The van der Waals surface area contributed by atoms with E-state index in [1.807, 2.05) is 54.6 Å². The minimum Gasteiger partial charge on any atom is -0.348 e. The molecule has 30 heavy (non-hydrogen) atoms. The van der Waals surface area contributed by atoms with Gasteiger partial charge in [0, 0.05) is 28.1 Å². The summed E-state index contributed by atoms with van der Waals surface area (Å²) in [4.78, 5) is 26.6. The van der Waals surface area contributed by atoms with Gasteiger partial charge in [0.05, 0.1) is 6.04 Å². The SMILES string of the molecule is O=C1C[C@H](c2ccccc2)[C@@]2(C(=O)Nc3cc(Cl)ccc32)[C@H](c2cccc(Cl)c2)N1. The molecule has 0 aromatic heterocycles. The number of piperidine rings is 1. The van der Waals surface area contributed by atoms with Crippen molar-refractivity contribution in [2.45, 2.75) is 23.8 Å². The van der Waals surface area contributed by atoms with Crippen molar-refractivity contribution in [3.63, 3.8) is 0 Å². The predicted octanol–water partition coefficient (Wildman–Crippen LogP) is 5.23. The highest BCUT2D eigenvalue weighted by molar-refractivity contribution is 6.31. The highest BCUT2D eigenvalue weighted by Gasteiger charge is 2.61. The van der Waals surface area contributed by atoms with E-state index in [2.05, 4.69) is 10.6 Å². The molecule has 2 aliphatic rings. The lowest BCUT2D eigenvalue weighted by Gasteiger charge is -2.46. The second-order valence-electron chi connectivity index (χ2n) is 7.74. The Hall–Kier alpha value is -2.82. The number of anilines is 1. The summed E-state index contributed by atoms with van der Waals surface area (Å²) >= 11 is 12.5. The molecule has 2 N–H and O–H groups in total. The molecule has 2 amide bonds. The fraction of sp³-hybridized carbons (Fsp3) is 0.167. The van der Waals surface area contributed by atoms with Gasteiger partial charge in [0.25, 0.3) is 0 Å². The summed E-state index contributed by atoms with van der Waals surface area (Å²) in [6, 6.07) is 21.9. The molecule has 4 nitrogen and oxygen atoms in total. The van der Waals surface area contributed by atoms with Crippen LogP contribution >= 0.6 is 23.2 Å². The Morgan fingerprint density at radius 3 is 2.33 bits per heavy atom. The Morgan fingerprint density at radius 1 is 0.833 bits per heavy atom. The van der Waals surface area contributed by atoms with Gasteiger partial charge in [-0.1, -0.05) is 71.7 Å². The lowest BCUT2D eigenvalue weighted by molar-refractivity contribution is -0.131. The monoisotopic (exact) mass is 436 g/mol. The molecule has 3 atom stereocenters. The normalized spacial score (nSPS) is 25.0. The van der Waals surface area contributed by atoms with Crippen LogP contribution in [0.1, 0.15) is 35.1 Å². The third-order valence-corrected chi connectivity index (χ3v) is 6.61. The number of fused-ring (bicyclic) bond motifs is 2. The molecule has 1 spiro atoms. The Balaban J connectivity index is 1.81. The van der Waals surface area contributed by atoms with E-state index < -0.39 is 11.5 Å². The first kappa shape index (κ1) is 19.2. The number of amides is 2. The van der Waals surface area contributed by atoms with Gasteiger partial charge in [0.15, 0.2) is 0 Å². The molecule has 0 aliphatic carbocycles. The molecule has 6 heteroatoms. The van der Waals surface area contributed by atoms with Crippen molar-refractivity contribution in [2.24, 2.45) is 0 Å². The summed E-state index contributed by atoms with van der Waals surface area (Å²) in [7, 11) is 0. The van der Waals surface area contributed by atoms with Crippen LogP contribution in [0.15, 0.2) is 72.8 Å². The zero-order chi connectivity index (χ0) is 20.9. The van der Waals surface area contributed by atoms with E-state index in [1.54, 1.807) is 18.2 Å². The molecule has 0 radical (unpaired) electrons. The van der Waals surface area contributed by atoms with E-state index in [1.165, 1.54) is 0 Å². The largest absolute Gasteiger partial charge is 0.348 e. The fourth-order valence-corrected chi connectivity index (χ4v) is 5.31. The molecule has 1 saturated heterocycles. The van der Waals surface area contributed by atoms with Crippen LogP contribution < -0.4 is 10.6 Å². The second-order valence-corrected chi connectivity index (χ2v) is 8.61. The Morgan fingerprint density at radius 2 is 1.57 bits per heavy atom. The molecule has 3 aromatic carbocycles. The number of halogens is 2. The maximum atomic E-state index is 13.7. The van der Waals surface area contributed by atoms with E-state index >= 15 is 0 Å². The van der Waals surface area contributed by atoms with Crippen molar-refractivity contribution >= 4 is 40.7 Å². The lowest BCUT2D eigenvalue weighted by atomic mass is 9.59. The lowest BCUT2D eigenvalue weighted by Crippen LogP contribution is -2.56. The number of carbonyl (C=O) groups excluding carboxylic acids is 2. The average Bonchev–Trinajstić information content (AvgIpc) is 3.01. The molecule has 3 aromatic rings. The number of carbonyl (C=O) groups is 2. The number of hydrogen-bond donors (Lipinski definition) is 2. The molecule has 0 bridgehead atoms. The number of nitrogens with one attached hydrogen (secondary N) is 2. The van der Waals surface area contributed by atoms with Gasteiger partial charge in [-0.15, -0.1) is 0 Å². The summed E-state index contributed by atoms with van der Waals surface area (Å²) in [5, 5.41) is 7.20. The van der Waals surface area contributed by atoms with Crippen molar-refractivity contribution in [3.05, 3.63) is 99.5 Å². The molecular weight excluding hydrogens is 419 g/mol. The van der Waals surface area contributed by atoms with E-state index in [0.29, 0.717) is 15.7 Å². The van der Waals surface area contributed by atoms with Gasteiger partial charge in [-0.3, -0.25) is 9.59 Å². The van der Waals surface area contributed by atoms with Crippen LogP contribution in [0.25, 0.3) is 0 Å². The van der Waals surface area contributed by atoms with Crippen molar-refractivity contribution in [2.75, 3.05) is 5.32 Å². The standard InChI is InChI=1S/C24H18Cl2N2O2/c25-16-8-4-7-15(11-16)22-24(18-10-9-17(26)12-20(18)27-23(24)30)19(13-21(29)28-22)14-5-2-1-3-6-14/h1-12,19,22H,13H2,(H,27,30)(H,28,29)/t19-,22+,24-/m1/s1. The van der Waals surface area contributed by atoms with E-state index in [-0.39, 0.29) is 24.2 Å². The van der Waals surface area contributed by atoms with Crippen LogP contribution in [-0.4, -0.2) is 11.8 Å². The first-order valence-corrected chi connectivity index (χ1v) is 10.5. The van der Waals surface area contributed by atoms with Crippen LogP contribution in [0.5, 0.6) is 0 Å².